The van der Waals surface area contributed by atoms with E-state index in [-0.39, 0.29) is 43.4 Å². The summed E-state index contributed by atoms with van der Waals surface area (Å²) in [6.45, 7) is 6.06. The highest BCUT2D eigenvalue weighted by Crippen LogP contribution is 2.44. The van der Waals surface area contributed by atoms with Gasteiger partial charge in [0.15, 0.2) is 0 Å². The summed E-state index contributed by atoms with van der Waals surface area (Å²) >= 11 is 0. The molecule has 1 fully saturated rings. The van der Waals surface area contributed by atoms with E-state index >= 15 is 0 Å². The van der Waals surface area contributed by atoms with Gasteiger partial charge in [-0.25, -0.2) is 4.79 Å². The number of benzene rings is 2. The topological polar surface area (TPSA) is 95.9 Å². The lowest BCUT2D eigenvalue weighted by atomic mass is 9.97. The fraction of sp³-hybridized carbons (Fsp3) is 0.464. The number of nitrogens with zero attached hydrogens (tertiary/aromatic N) is 1. The van der Waals surface area contributed by atoms with E-state index in [0.29, 0.717) is 12.8 Å². The number of fused-ring (bicyclic) bond motifs is 3. The number of carbonyl (C=O) groups excluding carboxylic acids is 2. The van der Waals surface area contributed by atoms with Crippen molar-refractivity contribution in [2.45, 2.75) is 64.0 Å². The van der Waals surface area contributed by atoms with Crippen molar-refractivity contribution in [3.05, 3.63) is 59.7 Å². The molecule has 2 aromatic rings. The maximum absolute atomic E-state index is 13.4. The lowest BCUT2D eigenvalue weighted by Gasteiger charge is -2.38. The Balaban J connectivity index is 1.40. The second-order valence-electron chi connectivity index (χ2n) is 10.4. The third-order valence-corrected chi connectivity index (χ3v) is 7.11. The molecule has 0 bridgehead atoms. The molecule has 2 aromatic carbocycles. The third-order valence-electron chi connectivity index (χ3n) is 7.11. The number of amides is 2. The second kappa shape index (κ2) is 10.1. The first kappa shape index (κ1) is 24.8. The average molecular weight is 479 g/mol. The lowest BCUT2D eigenvalue weighted by molar-refractivity contribution is -0.143. The van der Waals surface area contributed by atoms with Crippen LogP contribution in [0.3, 0.4) is 0 Å². The Morgan fingerprint density at radius 3 is 2.17 bits per heavy atom. The Bertz CT molecular complexity index is 1060. The van der Waals surface area contributed by atoms with Crippen LogP contribution in [0.5, 0.6) is 0 Å². The summed E-state index contributed by atoms with van der Waals surface area (Å²) in [5.74, 6) is -1.46. The number of carbonyl (C=O) groups is 3. The largest absolute Gasteiger partial charge is 0.481 e. The normalized spacial score (nSPS) is 19.1. The third kappa shape index (κ3) is 5.34. The summed E-state index contributed by atoms with van der Waals surface area (Å²) in [6.07, 6.45) is 1.54. The molecule has 0 heterocycles. The average Bonchev–Trinajstić information content (AvgIpc) is 3.39. The van der Waals surface area contributed by atoms with E-state index in [2.05, 4.69) is 29.6 Å². The number of carboxylic acids is 1. The molecule has 2 atom stereocenters. The lowest BCUT2D eigenvalue weighted by Crippen LogP contribution is -2.52. The first-order valence-electron chi connectivity index (χ1n) is 12.3. The zero-order valence-corrected chi connectivity index (χ0v) is 20.6. The summed E-state index contributed by atoms with van der Waals surface area (Å²) in [6, 6.07) is 16.0. The molecule has 2 aliphatic rings. The number of carboxylic acid groups (broad SMARTS) is 1. The maximum Gasteiger partial charge on any atom is 0.407 e. The Hall–Kier alpha value is -3.35. The zero-order chi connectivity index (χ0) is 25.2. The van der Waals surface area contributed by atoms with Gasteiger partial charge in [0.2, 0.25) is 5.91 Å². The van der Waals surface area contributed by atoms with Gasteiger partial charge in [-0.15, -0.1) is 0 Å². The zero-order valence-electron chi connectivity index (χ0n) is 20.6. The number of aliphatic carboxylic acids is 1. The van der Waals surface area contributed by atoms with Gasteiger partial charge in [0.05, 0.1) is 12.3 Å². The predicted octanol–water partition coefficient (Wildman–Crippen LogP) is 4.80. The van der Waals surface area contributed by atoms with Crippen molar-refractivity contribution in [3.63, 3.8) is 0 Å². The van der Waals surface area contributed by atoms with E-state index in [1.165, 1.54) is 11.1 Å². The minimum atomic E-state index is -0.938. The summed E-state index contributed by atoms with van der Waals surface area (Å²) in [7, 11) is 0. The molecule has 0 radical (unpaired) electrons. The predicted molar refractivity (Wildman–Crippen MR) is 133 cm³/mol. The molecular weight excluding hydrogens is 444 g/mol. The van der Waals surface area contributed by atoms with Crippen LogP contribution in [0.25, 0.3) is 11.1 Å². The van der Waals surface area contributed by atoms with Gasteiger partial charge in [-0.1, -0.05) is 55.0 Å². The van der Waals surface area contributed by atoms with E-state index in [1.54, 1.807) is 4.90 Å². The minimum absolute atomic E-state index is 0.0263. The van der Waals surface area contributed by atoms with Crippen LogP contribution in [0.2, 0.25) is 0 Å². The number of hydrogen-bond acceptors (Lipinski definition) is 4. The molecule has 0 unspecified atom stereocenters. The Morgan fingerprint density at radius 2 is 1.60 bits per heavy atom. The van der Waals surface area contributed by atoms with Crippen LogP contribution in [0.15, 0.2) is 48.5 Å². The number of ether oxygens (including phenoxy) is 1. The second-order valence-corrected chi connectivity index (χ2v) is 10.4. The van der Waals surface area contributed by atoms with Gasteiger partial charge in [-0.3, -0.25) is 9.59 Å². The molecule has 2 amide bonds. The first-order chi connectivity index (χ1) is 16.7. The van der Waals surface area contributed by atoms with Gasteiger partial charge in [0.25, 0.3) is 0 Å². The highest BCUT2D eigenvalue weighted by molar-refractivity contribution is 5.82. The maximum atomic E-state index is 13.4. The van der Waals surface area contributed by atoms with Crippen molar-refractivity contribution < 1.29 is 24.2 Å². The molecule has 0 aliphatic heterocycles. The highest BCUT2D eigenvalue weighted by Gasteiger charge is 2.40. The van der Waals surface area contributed by atoms with Gasteiger partial charge >= 0.3 is 12.1 Å². The van der Waals surface area contributed by atoms with E-state index < -0.39 is 17.6 Å². The van der Waals surface area contributed by atoms with Crippen molar-refractivity contribution in [1.29, 1.82) is 0 Å². The molecule has 1 saturated carbocycles. The van der Waals surface area contributed by atoms with Crippen molar-refractivity contribution in [2.75, 3.05) is 13.2 Å². The van der Waals surface area contributed by atoms with Crippen LogP contribution in [-0.2, 0) is 14.3 Å². The van der Waals surface area contributed by atoms with E-state index in [0.717, 1.165) is 17.5 Å². The fourth-order valence-corrected chi connectivity index (χ4v) is 5.40. The van der Waals surface area contributed by atoms with Gasteiger partial charge in [0, 0.05) is 24.0 Å². The monoisotopic (exact) mass is 478 g/mol. The van der Waals surface area contributed by atoms with Crippen molar-refractivity contribution in [3.8, 4) is 11.1 Å². The van der Waals surface area contributed by atoms with Crippen LogP contribution < -0.4 is 5.32 Å². The Labute approximate surface area is 206 Å². The van der Waals surface area contributed by atoms with Crippen molar-refractivity contribution in [2.24, 2.45) is 5.92 Å². The fourth-order valence-electron chi connectivity index (χ4n) is 5.40. The molecule has 2 N–H and O–H groups in total. The highest BCUT2D eigenvalue weighted by atomic mass is 16.5. The number of nitrogens with one attached hydrogen (secondary N) is 1. The first-order valence-corrected chi connectivity index (χ1v) is 12.3. The summed E-state index contributed by atoms with van der Waals surface area (Å²) < 4.78 is 5.68. The molecule has 186 valence electrons. The van der Waals surface area contributed by atoms with Crippen LogP contribution in [0.1, 0.15) is 63.5 Å². The van der Waals surface area contributed by atoms with Gasteiger partial charge in [0.1, 0.15) is 6.61 Å². The van der Waals surface area contributed by atoms with Crippen LogP contribution in [-0.4, -0.2) is 52.7 Å². The summed E-state index contributed by atoms with van der Waals surface area (Å²) in [4.78, 5) is 38.9. The number of alkyl carbamates (subject to hydrolysis) is 1. The Kier molecular flexibility index (Phi) is 7.15. The van der Waals surface area contributed by atoms with Crippen LogP contribution in [0.4, 0.5) is 4.79 Å². The molecule has 0 spiro atoms. The van der Waals surface area contributed by atoms with E-state index in [9.17, 15) is 14.4 Å². The number of hydrogen-bond donors (Lipinski definition) is 2. The number of rotatable bonds is 7. The molecular formula is C28H34N2O5. The van der Waals surface area contributed by atoms with Crippen LogP contribution in [0, 0.1) is 5.92 Å². The molecule has 0 saturated heterocycles. The minimum Gasteiger partial charge on any atom is -0.481 e. The standard InChI is InChI=1S/C28H34N2O5/c1-28(2,3)30(16-15-25(31)32)26(33)22-13-8-14-24(22)29-27(34)35-17-23-20-11-6-4-9-18(20)19-10-5-7-12-21(19)23/h4-7,9-12,22-24H,8,13-17H2,1-3H3,(H,29,34)(H,31,32)/t22-,24+/m1/s1. The van der Waals surface area contributed by atoms with Gasteiger partial charge < -0.3 is 20.1 Å². The quantitative estimate of drug-likeness (QED) is 0.596. The Morgan fingerprint density at radius 1 is 1.00 bits per heavy atom. The smallest absolute Gasteiger partial charge is 0.407 e. The molecule has 7 heteroatoms. The molecule has 4 rings (SSSR count). The summed E-state index contributed by atoms with van der Waals surface area (Å²) in [5.41, 5.74) is 4.12. The SMILES string of the molecule is CC(C)(C)N(CCC(=O)O)C(=O)[C@@H]1CCC[C@@H]1NC(=O)OCC1c2ccccc2-c2ccccc21. The molecule has 7 nitrogen and oxygen atoms in total. The van der Waals surface area contributed by atoms with Crippen molar-refractivity contribution in [1.82, 2.24) is 10.2 Å². The van der Waals surface area contributed by atoms with E-state index in [1.807, 2.05) is 45.0 Å². The van der Waals surface area contributed by atoms with Crippen molar-refractivity contribution >= 4 is 18.0 Å². The van der Waals surface area contributed by atoms with Crippen LogP contribution >= 0.6 is 0 Å². The van der Waals surface area contributed by atoms with E-state index in [4.69, 9.17) is 9.84 Å². The molecule has 35 heavy (non-hydrogen) atoms. The van der Waals surface area contributed by atoms with Gasteiger partial charge in [-0.05, 0) is 55.9 Å². The summed E-state index contributed by atoms with van der Waals surface area (Å²) in [5, 5.41) is 12.0. The molecule has 2 aliphatic carbocycles. The molecule has 0 aromatic heterocycles. The van der Waals surface area contributed by atoms with Gasteiger partial charge in [-0.2, -0.15) is 0 Å².